The molecule has 0 atom stereocenters. The van der Waals surface area contributed by atoms with Gasteiger partial charge in [-0.1, -0.05) is 36.4 Å². The second-order valence-electron chi connectivity index (χ2n) is 5.87. The summed E-state index contributed by atoms with van der Waals surface area (Å²) in [4.78, 5) is 9.21. The predicted octanol–water partition coefficient (Wildman–Crippen LogP) is 4.81. The van der Waals surface area contributed by atoms with Crippen molar-refractivity contribution < 1.29 is 0 Å². The number of hydrogen-bond donors (Lipinski definition) is 1. The topological polar surface area (TPSA) is 33.1 Å². The summed E-state index contributed by atoms with van der Waals surface area (Å²) in [5.74, 6) is 0. The van der Waals surface area contributed by atoms with Gasteiger partial charge in [0.1, 0.15) is 0 Å². The summed E-state index contributed by atoms with van der Waals surface area (Å²) in [5.41, 5.74) is 4.82. The van der Waals surface area contributed by atoms with Gasteiger partial charge in [0, 0.05) is 34.7 Å². The van der Waals surface area contributed by atoms with Gasteiger partial charge in [-0.3, -0.25) is 0 Å². The van der Waals surface area contributed by atoms with E-state index in [1.165, 1.54) is 22.2 Å². The third kappa shape index (κ3) is 2.93. The minimum absolute atomic E-state index is 0.933. The van der Waals surface area contributed by atoms with Crippen LogP contribution in [0.25, 0.3) is 10.9 Å². The number of thiazole rings is 1. The van der Waals surface area contributed by atoms with Gasteiger partial charge in [-0.2, -0.15) is 0 Å². The number of para-hydroxylation sites is 2. The second-order valence-corrected chi connectivity index (χ2v) is 6.70. The molecule has 0 radical (unpaired) electrons. The van der Waals surface area contributed by atoms with Crippen LogP contribution in [-0.2, 0) is 13.0 Å². The zero-order chi connectivity index (χ0) is 16.4. The Balaban J connectivity index is 1.64. The van der Waals surface area contributed by atoms with Gasteiger partial charge in [-0.15, -0.1) is 11.3 Å². The average molecular weight is 333 g/mol. The molecule has 2 heterocycles. The number of aromatic amines is 1. The van der Waals surface area contributed by atoms with Crippen LogP contribution in [0.15, 0.2) is 71.2 Å². The van der Waals surface area contributed by atoms with E-state index in [9.17, 15) is 0 Å². The minimum atomic E-state index is 0.933. The van der Waals surface area contributed by atoms with Gasteiger partial charge in [0.05, 0.1) is 5.69 Å². The van der Waals surface area contributed by atoms with Crippen molar-refractivity contribution in [2.75, 3.05) is 0 Å². The molecule has 120 valence electrons. The number of nitrogens with zero attached hydrogens (tertiary/aromatic N) is 2. The molecule has 3 nitrogen and oxygen atoms in total. The molecule has 0 amide bonds. The molecule has 0 fully saturated rings. The molecule has 0 unspecified atom stereocenters. The van der Waals surface area contributed by atoms with Gasteiger partial charge >= 0.3 is 0 Å². The highest BCUT2D eigenvalue weighted by Crippen LogP contribution is 2.19. The molecule has 4 aromatic rings. The van der Waals surface area contributed by atoms with E-state index in [0.717, 1.165) is 23.5 Å². The van der Waals surface area contributed by atoms with E-state index in [4.69, 9.17) is 4.99 Å². The summed E-state index contributed by atoms with van der Waals surface area (Å²) < 4.78 is 2.30. The van der Waals surface area contributed by atoms with Crippen molar-refractivity contribution in [3.05, 3.63) is 82.2 Å². The van der Waals surface area contributed by atoms with Crippen molar-refractivity contribution in [3.63, 3.8) is 0 Å². The maximum atomic E-state index is 4.80. The van der Waals surface area contributed by atoms with Crippen molar-refractivity contribution in [1.29, 1.82) is 0 Å². The Morgan fingerprint density at radius 3 is 2.71 bits per heavy atom. The summed E-state index contributed by atoms with van der Waals surface area (Å²) in [5, 5.41) is 3.49. The van der Waals surface area contributed by atoms with Crippen molar-refractivity contribution in [2.45, 2.75) is 19.9 Å². The Morgan fingerprint density at radius 2 is 1.83 bits per heavy atom. The first kappa shape index (κ1) is 15.0. The van der Waals surface area contributed by atoms with Gasteiger partial charge in [0.15, 0.2) is 4.80 Å². The first-order valence-corrected chi connectivity index (χ1v) is 8.99. The second kappa shape index (κ2) is 6.49. The SMILES string of the molecule is Cc1csc(=Nc2ccccc2)n1CCc1c[nH]c2ccccc12. The minimum Gasteiger partial charge on any atom is -0.361 e. The summed E-state index contributed by atoms with van der Waals surface area (Å²) >= 11 is 1.70. The molecule has 1 N–H and O–H groups in total. The monoisotopic (exact) mass is 333 g/mol. The first-order chi connectivity index (χ1) is 11.8. The number of nitrogens with one attached hydrogen (secondary N) is 1. The normalized spacial score (nSPS) is 12.1. The van der Waals surface area contributed by atoms with Gasteiger partial charge in [0.25, 0.3) is 0 Å². The third-order valence-corrected chi connectivity index (χ3v) is 5.23. The number of aryl methyl sites for hydroxylation is 2. The van der Waals surface area contributed by atoms with Gasteiger partial charge in [-0.05, 0) is 37.1 Å². The summed E-state index contributed by atoms with van der Waals surface area (Å²) in [6.45, 7) is 3.08. The van der Waals surface area contributed by atoms with E-state index in [0.29, 0.717) is 0 Å². The molecule has 2 aromatic heterocycles. The first-order valence-electron chi connectivity index (χ1n) is 8.11. The summed E-state index contributed by atoms with van der Waals surface area (Å²) in [6, 6.07) is 18.6. The molecular formula is C20H19N3S. The number of fused-ring (bicyclic) bond motifs is 1. The summed E-state index contributed by atoms with van der Waals surface area (Å²) in [6.07, 6.45) is 3.12. The van der Waals surface area contributed by atoms with Crippen LogP contribution in [0.4, 0.5) is 5.69 Å². The van der Waals surface area contributed by atoms with Crippen molar-refractivity contribution in [3.8, 4) is 0 Å². The fourth-order valence-electron chi connectivity index (χ4n) is 2.96. The predicted molar refractivity (Wildman–Crippen MR) is 101 cm³/mol. The number of aromatic nitrogens is 2. The molecule has 0 aliphatic carbocycles. The van der Waals surface area contributed by atoms with Crippen LogP contribution >= 0.6 is 11.3 Å². The molecule has 0 bridgehead atoms. The fraction of sp³-hybridized carbons (Fsp3) is 0.150. The lowest BCUT2D eigenvalue weighted by atomic mass is 10.1. The van der Waals surface area contributed by atoms with E-state index in [-0.39, 0.29) is 0 Å². The lowest BCUT2D eigenvalue weighted by molar-refractivity contribution is 0.660. The Kier molecular flexibility index (Phi) is 4.05. The highest BCUT2D eigenvalue weighted by molar-refractivity contribution is 7.07. The lowest BCUT2D eigenvalue weighted by Crippen LogP contribution is -2.17. The number of rotatable bonds is 4. The molecule has 4 rings (SSSR count). The van der Waals surface area contributed by atoms with Crippen LogP contribution in [0.5, 0.6) is 0 Å². The van der Waals surface area contributed by atoms with E-state index >= 15 is 0 Å². The van der Waals surface area contributed by atoms with Crippen LogP contribution in [0.1, 0.15) is 11.3 Å². The average Bonchev–Trinajstić information content (AvgIpc) is 3.18. The highest BCUT2D eigenvalue weighted by Gasteiger charge is 2.06. The largest absolute Gasteiger partial charge is 0.361 e. The zero-order valence-electron chi connectivity index (χ0n) is 13.6. The maximum absolute atomic E-state index is 4.80. The van der Waals surface area contributed by atoms with Gasteiger partial charge in [0.2, 0.25) is 0 Å². The lowest BCUT2D eigenvalue weighted by Gasteiger charge is -2.06. The van der Waals surface area contributed by atoms with Crippen LogP contribution < -0.4 is 4.80 Å². The molecule has 0 saturated carbocycles. The number of hydrogen-bond acceptors (Lipinski definition) is 2. The molecule has 0 spiro atoms. The standard InChI is InChI=1S/C20H19N3S/c1-15-14-24-20(22-17-7-3-2-4-8-17)23(15)12-11-16-13-21-19-10-6-5-9-18(16)19/h2-10,13-14,21H,11-12H2,1H3. The Hall–Kier alpha value is -2.59. The zero-order valence-corrected chi connectivity index (χ0v) is 14.4. The summed E-state index contributed by atoms with van der Waals surface area (Å²) in [7, 11) is 0. The van der Waals surface area contributed by atoms with Crippen LogP contribution in [-0.4, -0.2) is 9.55 Å². The molecule has 24 heavy (non-hydrogen) atoms. The quantitative estimate of drug-likeness (QED) is 0.556. The van der Waals surface area contributed by atoms with Gasteiger partial charge in [-0.25, -0.2) is 4.99 Å². The van der Waals surface area contributed by atoms with E-state index in [1.807, 2.05) is 30.3 Å². The third-order valence-electron chi connectivity index (χ3n) is 4.25. The van der Waals surface area contributed by atoms with Crippen LogP contribution in [0.3, 0.4) is 0 Å². The molecule has 0 saturated heterocycles. The number of H-pyrrole nitrogens is 1. The van der Waals surface area contributed by atoms with Crippen LogP contribution in [0, 0.1) is 6.92 Å². The smallest absolute Gasteiger partial charge is 0.190 e. The molecule has 2 aromatic carbocycles. The molecule has 0 aliphatic rings. The molecular weight excluding hydrogens is 314 g/mol. The molecule has 4 heteroatoms. The van der Waals surface area contributed by atoms with E-state index in [2.05, 4.69) is 52.3 Å². The van der Waals surface area contributed by atoms with Crippen molar-refractivity contribution in [2.24, 2.45) is 4.99 Å². The Bertz CT molecular complexity index is 1020. The fourth-order valence-corrected chi connectivity index (χ4v) is 3.88. The van der Waals surface area contributed by atoms with E-state index in [1.54, 1.807) is 11.3 Å². The van der Waals surface area contributed by atoms with Crippen molar-refractivity contribution in [1.82, 2.24) is 9.55 Å². The number of benzene rings is 2. The highest BCUT2D eigenvalue weighted by atomic mass is 32.1. The maximum Gasteiger partial charge on any atom is 0.190 e. The molecule has 0 aliphatic heterocycles. The Morgan fingerprint density at radius 1 is 1.04 bits per heavy atom. The van der Waals surface area contributed by atoms with Gasteiger partial charge < -0.3 is 9.55 Å². The van der Waals surface area contributed by atoms with E-state index < -0.39 is 0 Å². The van der Waals surface area contributed by atoms with Crippen molar-refractivity contribution >= 4 is 27.9 Å². The van der Waals surface area contributed by atoms with Crippen LogP contribution in [0.2, 0.25) is 0 Å². The Labute approximate surface area is 144 Å².